The molecular formula is C4H10N5NaO2S2. The fourth-order valence-corrected chi connectivity index (χ4v) is 1.49. The van der Waals surface area contributed by atoms with Gasteiger partial charge in [0, 0.05) is 6.54 Å². The fraction of sp³-hybridized carbons (Fsp3) is 0.750. The summed E-state index contributed by atoms with van der Waals surface area (Å²) < 4.78 is 22.9. The summed E-state index contributed by atoms with van der Waals surface area (Å²) in [6, 6.07) is 0. The Morgan fingerprint density at radius 1 is 1.64 bits per heavy atom. The molecule has 0 aliphatic carbocycles. The van der Waals surface area contributed by atoms with Crippen LogP contribution in [0.2, 0.25) is 0 Å². The van der Waals surface area contributed by atoms with Crippen molar-refractivity contribution in [2.75, 3.05) is 5.75 Å². The summed E-state index contributed by atoms with van der Waals surface area (Å²) in [6.07, 6.45) is 0.386. The van der Waals surface area contributed by atoms with E-state index < -0.39 is 10.0 Å². The Hall–Kier alpha value is 0.200. The summed E-state index contributed by atoms with van der Waals surface area (Å²) in [5.41, 5.74) is 0. The average Bonchev–Trinajstić information content (AvgIpc) is 2.34. The van der Waals surface area contributed by atoms with Crippen LogP contribution in [0, 0.1) is 4.77 Å². The van der Waals surface area contributed by atoms with Crippen molar-refractivity contribution in [3.8, 4) is 0 Å². The molecule has 3 N–H and O–H groups in total. The number of hydrogen-bond acceptors (Lipinski definition) is 5. The maximum absolute atomic E-state index is 10.5. The van der Waals surface area contributed by atoms with E-state index in [0.29, 0.717) is 17.7 Å². The Labute approximate surface area is 110 Å². The van der Waals surface area contributed by atoms with E-state index in [0.717, 1.165) is 0 Å². The molecule has 1 aromatic heterocycles. The second-order valence-corrected chi connectivity index (χ2v) is 4.55. The van der Waals surface area contributed by atoms with Gasteiger partial charge in [-0.3, -0.25) is 0 Å². The molecule has 0 saturated carbocycles. The van der Waals surface area contributed by atoms with Crippen LogP contribution < -0.4 is 34.7 Å². The van der Waals surface area contributed by atoms with Crippen LogP contribution >= 0.6 is 12.2 Å². The Bertz CT molecular complexity index is 428. The van der Waals surface area contributed by atoms with Crippen LogP contribution in [-0.2, 0) is 16.6 Å². The molecule has 0 radical (unpaired) electrons. The van der Waals surface area contributed by atoms with Gasteiger partial charge in [-0.2, -0.15) is 5.21 Å². The van der Waals surface area contributed by atoms with Crippen molar-refractivity contribution in [3.05, 3.63) is 4.77 Å². The third kappa shape index (κ3) is 5.17. The number of nitrogens with one attached hydrogen (secondary N) is 1. The van der Waals surface area contributed by atoms with E-state index in [1.165, 1.54) is 4.68 Å². The van der Waals surface area contributed by atoms with Crippen molar-refractivity contribution in [2.45, 2.75) is 13.0 Å². The van der Waals surface area contributed by atoms with Gasteiger partial charge in [0.1, 0.15) is 0 Å². The summed E-state index contributed by atoms with van der Waals surface area (Å²) in [6.45, 7) is 0.419. The zero-order chi connectivity index (χ0) is 9.90. The van der Waals surface area contributed by atoms with Gasteiger partial charge < -0.3 is 1.43 Å². The first-order valence-electron chi connectivity index (χ1n) is 3.47. The monoisotopic (exact) mass is 247 g/mol. The van der Waals surface area contributed by atoms with Gasteiger partial charge in [-0.15, -0.1) is 0 Å². The Morgan fingerprint density at radius 2 is 2.29 bits per heavy atom. The standard InChI is InChI=1S/C4H9N5O2S2.Na.H/c5-13(10,11)3-1-2-9-4(12)6-7-8-9;;/h1-3H2,(H2,5,10,11)(H,6,8,12);;/q;+1;-1. The molecule has 0 saturated heterocycles. The van der Waals surface area contributed by atoms with Gasteiger partial charge in [-0.05, 0) is 18.6 Å². The quantitative estimate of drug-likeness (QED) is 0.418. The molecule has 0 fully saturated rings. The first-order chi connectivity index (χ1) is 5.99. The minimum atomic E-state index is -3.39. The van der Waals surface area contributed by atoms with Gasteiger partial charge >= 0.3 is 29.6 Å². The van der Waals surface area contributed by atoms with Gasteiger partial charge in [-0.1, -0.05) is 10.3 Å². The van der Waals surface area contributed by atoms with Crippen LogP contribution in [0.3, 0.4) is 0 Å². The molecule has 1 rings (SSSR count). The fourth-order valence-electron chi connectivity index (χ4n) is 0.785. The smallest absolute Gasteiger partial charge is 1.00 e. The predicted octanol–water partition coefficient (Wildman–Crippen LogP) is -3.87. The molecule has 10 heteroatoms. The van der Waals surface area contributed by atoms with Gasteiger partial charge in [0.15, 0.2) is 0 Å². The molecule has 76 valence electrons. The molecule has 1 heterocycles. The van der Waals surface area contributed by atoms with Crippen LogP contribution in [-0.4, -0.2) is 34.4 Å². The summed E-state index contributed by atoms with van der Waals surface area (Å²) in [4.78, 5) is 0. The predicted molar refractivity (Wildman–Crippen MR) is 48.9 cm³/mol. The van der Waals surface area contributed by atoms with Gasteiger partial charge in [0.2, 0.25) is 14.8 Å². The molecule has 0 unspecified atom stereocenters. The van der Waals surface area contributed by atoms with Crippen LogP contribution in [0.4, 0.5) is 0 Å². The van der Waals surface area contributed by atoms with E-state index in [-0.39, 0.29) is 36.7 Å². The number of H-pyrrole nitrogens is 1. The minimum Gasteiger partial charge on any atom is -1.00 e. The number of tetrazole rings is 1. The number of nitrogens with two attached hydrogens (primary N) is 1. The van der Waals surface area contributed by atoms with Crippen molar-refractivity contribution in [1.29, 1.82) is 0 Å². The number of aromatic amines is 1. The maximum Gasteiger partial charge on any atom is 1.00 e. The summed E-state index contributed by atoms with van der Waals surface area (Å²) in [7, 11) is -3.39. The van der Waals surface area contributed by atoms with Crippen LogP contribution in [0.5, 0.6) is 0 Å². The molecular weight excluding hydrogens is 237 g/mol. The largest absolute Gasteiger partial charge is 1.00 e. The van der Waals surface area contributed by atoms with Gasteiger partial charge in [0.25, 0.3) is 0 Å². The Kier molecular flexibility index (Phi) is 6.02. The number of sulfonamides is 1. The molecule has 0 aliphatic heterocycles. The third-order valence-corrected chi connectivity index (χ3v) is 2.50. The second-order valence-electron chi connectivity index (χ2n) is 2.45. The van der Waals surface area contributed by atoms with E-state index in [1.807, 2.05) is 0 Å². The zero-order valence-electron chi connectivity index (χ0n) is 8.67. The summed E-state index contributed by atoms with van der Waals surface area (Å²) in [5.74, 6) is -0.0756. The minimum absolute atomic E-state index is 0. The first-order valence-corrected chi connectivity index (χ1v) is 5.60. The SMILES string of the molecule is NS(=O)(=O)CCCn1[nH]nnc1=S.[H-].[Na+]. The number of nitrogens with zero attached hydrogens (tertiary/aromatic N) is 3. The molecule has 0 bridgehead atoms. The Balaban J connectivity index is 0. The van der Waals surface area contributed by atoms with E-state index in [4.69, 9.17) is 17.4 Å². The molecule has 0 amide bonds. The summed E-state index contributed by atoms with van der Waals surface area (Å²) >= 11 is 4.77. The third-order valence-electron chi connectivity index (χ3n) is 1.34. The van der Waals surface area contributed by atoms with Crippen molar-refractivity contribution in [1.82, 2.24) is 20.2 Å². The Morgan fingerprint density at radius 3 is 2.71 bits per heavy atom. The number of aromatic nitrogens is 4. The van der Waals surface area contributed by atoms with Crippen LogP contribution in [0.1, 0.15) is 7.85 Å². The van der Waals surface area contributed by atoms with Crippen molar-refractivity contribution < 1.29 is 39.4 Å². The van der Waals surface area contributed by atoms with Crippen molar-refractivity contribution in [2.24, 2.45) is 5.14 Å². The maximum atomic E-state index is 10.5. The van der Waals surface area contributed by atoms with E-state index >= 15 is 0 Å². The van der Waals surface area contributed by atoms with Gasteiger partial charge in [-0.25, -0.2) is 18.2 Å². The molecule has 7 nitrogen and oxygen atoms in total. The van der Waals surface area contributed by atoms with Crippen LogP contribution in [0.25, 0.3) is 0 Å². The van der Waals surface area contributed by atoms with Crippen LogP contribution in [0.15, 0.2) is 0 Å². The molecule has 0 atom stereocenters. The molecule has 0 aliphatic rings. The first kappa shape index (κ1) is 14.2. The normalized spacial score (nSPS) is 10.9. The van der Waals surface area contributed by atoms with E-state index in [9.17, 15) is 8.42 Å². The molecule has 14 heavy (non-hydrogen) atoms. The topological polar surface area (TPSA) is 107 Å². The van der Waals surface area contributed by atoms with E-state index in [2.05, 4.69) is 15.5 Å². The number of rotatable bonds is 4. The number of hydrogen-bond donors (Lipinski definition) is 2. The van der Waals surface area contributed by atoms with Crippen molar-refractivity contribution >= 4 is 22.2 Å². The van der Waals surface area contributed by atoms with Gasteiger partial charge in [0.05, 0.1) is 5.75 Å². The molecule has 1 aromatic rings. The summed E-state index contributed by atoms with van der Waals surface area (Å²) in [5, 5.41) is 14.3. The number of primary sulfonamides is 1. The van der Waals surface area contributed by atoms with Crippen molar-refractivity contribution in [3.63, 3.8) is 0 Å². The average molecular weight is 247 g/mol. The molecule has 0 aromatic carbocycles. The zero-order valence-corrected chi connectivity index (χ0v) is 11.3. The number of aryl methyl sites for hydroxylation is 1. The second kappa shape index (κ2) is 5.93. The van der Waals surface area contributed by atoms with E-state index in [1.54, 1.807) is 0 Å². The molecule has 0 spiro atoms.